The average molecular weight is 417 g/mol. The van der Waals surface area contributed by atoms with Crippen molar-refractivity contribution in [2.24, 2.45) is 0 Å². The number of hydrogen-bond donors (Lipinski definition) is 1. The fourth-order valence-electron chi connectivity index (χ4n) is 3.09. The van der Waals surface area contributed by atoms with Gasteiger partial charge in [0, 0.05) is 18.1 Å². The summed E-state index contributed by atoms with van der Waals surface area (Å²) >= 11 is 5.95. The van der Waals surface area contributed by atoms with E-state index in [4.69, 9.17) is 16.3 Å². The van der Waals surface area contributed by atoms with Crippen molar-refractivity contribution in [1.82, 2.24) is 10.2 Å². The molecule has 0 saturated heterocycles. The zero-order valence-electron chi connectivity index (χ0n) is 17.3. The molecule has 0 aliphatic rings. The number of rotatable bonds is 10. The van der Waals surface area contributed by atoms with Gasteiger partial charge in [0.2, 0.25) is 11.8 Å². The summed E-state index contributed by atoms with van der Waals surface area (Å²) in [5.41, 5.74) is 1.81. The number of hydrogen-bond acceptors (Lipinski definition) is 3. The molecular formula is C23H29ClN2O3. The second-order valence-electron chi connectivity index (χ2n) is 6.89. The van der Waals surface area contributed by atoms with Crippen molar-refractivity contribution in [3.05, 3.63) is 64.7 Å². The molecule has 0 spiro atoms. The maximum absolute atomic E-state index is 13.2. The van der Waals surface area contributed by atoms with Crippen LogP contribution in [0, 0.1) is 0 Å². The molecule has 1 atom stereocenters. The van der Waals surface area contributed by atoms with Crippen LogP contribution in [0.15, 0.2) is 48.5 Å². The van der Waals surface area contributed by atoms with E-state index in [2.05, 4.69) is 5.32 Å². The summed E-state index contributed by atoms with van der Waals surface area (Å²) in [5.74, 6) is 0.537. The molecule has 2 aromatic rings. The lowest BCUT2D eigenvalue weighted by Gasteiger charge is -2.31. The van der Waals surface area contributed by atoms with E-state index < -0.39 is 6.04 Å². The monoisotopic (exact) mass is 416 g/mol. The van der Waals surface area contributed by atoms with Crippen molar-refractivity contribution >= 4 is 23.4 Å². The van der Waals surface area contributed by atoms with E-state index in [0.717, 1.165) is 23.3 Å². The molecule has 2 aromatic carbocycles. The van der Waals surface area contributed by atoms with Gasteiger partial charge in [0.05, 0.1) is 13.5 Å². The van der Waals surface area contributed by atoms with Crippen LogP contribution in [0.2, 0.25) is 5.02 Å². The first-order chi connectivity index (χ1) is 14.0. The zero-order chi connectivity index (χ0) is 21.2. The lowest BCUT2D eigenvalue weighted by molar-refractivity contribution is -0.140. The van der Waals surface area contributed by atoms with Gasteiger partial charge >= 0.3 is 0 Å². The van der Waals surface area contributed by atoms with Gasteiger partial charge in [-0.2, -0.15) is 0 Å². The fraction of sp³-hybridized carbons (Fsp3) is 0.391. The lowest BCUT2D eigenvalue weighted by Crippen LogP contribution is -2.49. The second-order valence-corrected chi connectivity index (χ2v) is 7.32. The molecular weight excluding hydrogens is 388 g/mol. The molecule has 1 unspecified atom stereocenters. The van der Waals surface area contributed by atoms with Crippen molar-refractivity contribution in [2.75, 3.05) is 13.7 Å². The van der Waals surface area contributed by atoms with Crippen LogP contribution in [0.3, 0.4) is 0 Å². The highest BCUT2D eigenvalue weighted by Gasteiger charge is 2.28. The Morgan fingerprint density at radius 1 is 1.03 bits per heavy atom. The van der Waals surface area contributed by atoms with E-state index in [1.54, 1.807) is 24.1 Å². The van der Waals surface area contributed by atoms with Gasteiger partial charge in [-0.05, 0) is 48.2 Å². The largest absolute Gasteiger partial charge is 0.497 e. The van der Waals surface area contributed by atoms with Crippen LogP contribution in [-0.4, -0.2) is 36.4 Å². The average Bonchev–Trinajstić information content (AvgIpc) is 2.74. The van der Waals surface area contributed by atoms with Crippen molar-refractivity contribution in [2.45, 2.75) is 45.7 Å². The Morgan fingerprint density at radius 3 is 2.21 bits per heavy atom. The number of nitrogens with zero attached hydrogens (tertiary/aromatic N) is 1. The molecule has 5 nitrogen and oxygen atoms in total. The second kappa shape index (κ2) is 11.5. The van der Waals surface area contributed by atoms with Gasteiger partial charge in [0.15, 0.2) is 0 Å². The number of halogens is 1. The Kier molecular flexibility index (Phi) is 9.00. The van der Waals surface area contributed by atoms with E-state index in [1.807, 2.05) is 50.2 Å². The molecule has 29 heavy (non-hydrogen) atoms. The number of carbonyl (C=O) groups is 2. The van der Waals surface area contributed by atoms with Crippen LogP contribution in [0.4, 0.5) is 0 Å². The van der Waals surface area contributed by atoms with Crippen molar-refractivity contribution in [3.63, 3.8) is 0 Å². The third-order valence-electron chi connectivity index (χ3n) is 4.72. The normalized spacial score (nSPS) is 11.6. The van der Waals surface area contributed by atoms with E-state index >= 15 is 0 Å². The predicted molar refractivity (Wildman–Crippen MR) is 116 cm³/mol. The molecule has 6 heteroatoms. The Balaban J connectivity index is 2.24. The number of carbonyl (C=O) groups excluding carboxylic acids is 2. The molecule has 0 aromatic heterocycles. The molecule has 0 saturated carbocycles. The first-order valence-electron chi connectivity index (χ1n) is 9.93. The number of ether oxygens (including phenoxy) is 1. The zero-order valence-corrected chi connectivity index (χ0v) is 18.0. The Bertz CT molecular complexity index is 791. The summed E-state index contributed by atoms with van der Waals surface area (Å²) in [6, 6.07) is 14.2. The van der Waals surface area contributed by atoms with E-state index in [-0.39, 0.29) is 18.2 Å². The molecule has 0 heterocycles. The number of amides is 2. The number of benzene rings is 2. The Morgan fingerprint density at radius 2 is 1.66 bits per heavy atom. The maximum atomic E-state index is 13.2. The lowest BCUT2D eigenvalue weighted by atomic mass is 10.1. The Labute approximate surface area is 178 Å². The third-order valence-corrected chi connectivity index (χ3v) is 4.97. The molecule has 0 bridgehead atoms. The van der Waals surface area contributed by atoms with Crippen molar-refractivity contribution in [1.29, 1.82) is 0 Å². The minimum Gasteiger partial charge on any atom is -0.497 e. The highest BCUT2D eigenvalue weighted by atomic mass is 35.5. The predicted octanol–water partition coefficient (Wildman–Crippen LogP) is 4.22. The van der Waals surface area contributed by atoms with Gasteiger partial charge in [-0.25, -0.2) is 0 Å². The van der Waals surface area contributed by atoms with Crippen LogP contribution in [0.25, 0.3) is 0 Å². The fourth-order valence-corrected chi connectivity index (χ4v) is 3.22. The molecule has 156 valence electrons. The molecule has 0 fully saturated rings. The van der Waals surface area contributed by atoms with Crippen LogP contribution in [0.1, 0.15) is 37.8 Å². The van der Waals surface area contributed by atoms with E-state index in [9.17, 15) is 9.59 Å². The van der Waals surface area contributed by atoms with Crippen LogP contribution in [0.5, 0.6) is 5.75 Å². The quantitative estimate of drug-likeness (QED) is 0.630. The van der Waals surface area contributed by atoms with Gasteiger partial charge in [-0.1, -0.05) is 49.7 Å². The minimum atomic E-state index is -0.525. The summed E-state index contributed by atoms with van der Waals surface area (Å²) in [4.78, 5) is 27.6. The first kappa shape index (κ1) is 22.8. The summed E-state index contributed by atoms with van der Waals surface area (Å²) in [7, 11) is 1.61. The van der Waals surface area contributed by atoms with Crippen LogP contribution >= 0.6 is 11.6 Å². The van der Waals surface area contributed by atoms with Crippen LogP contribution < -0.4 is 10.1 Å². The van der Waals surface area contributed by atoms with Gasteiger partial charge in [-0.15, -0.1) is 0 Å². The summed E-state index contributed by atoms with van der Waals surface area (Å²) in [5, 5.41) is 3.55. The standard InChI is InChI=1S/C23H29ClN2O3/c1-4-14-25-23(28)21(5-2)26(16-18-8-12-20(29-3)13-9-18)22(27)15-17-6-10-19(24)11-7-17/h6-13,21H,4-5,14-16H2,1-3H3,(H,25,28). The van der Waals surface area contributed by atoms with Gasteiger partial charge in [-0.3, -0.25) is 9.59 Å². The smallest absolute Gasteiger partial charge is 0.242 e. The van der Waals surface area contributed by atoms with Crippen molar-refractivity contribution < 1.29 is 14.3 Å². The first-order valence-corrected chi connectivity index (χ1v) is 10.3. The van der Waals surface area contributed by atoms with Gasteiger partial charge in [0.25, 0.3) is 0 Å². The maximum Gasteiger partial charge on any atom is 0.242 e. The third kappa shape index (κ3) is 6.79. The van der Waals surface area contributed by atoms with Crippen molar-refractivity contribution in [3.8, 4) is 5.75 Å². The summed E-state index contributed by atoms with van der Waals surface area (Å²) in [6.45, 7) is 4.88. The van der Waals surface area contributed by atoms with E-state index in [1.165, 1.54) is 0 Å². The van der Waals surface area contributed by atoms with E-state index in [0.29, 0.717) is 24.5 Å². The molecule has 1 N–H and O–H groups in total. The highest BCUT2D eigenvalue weighted by Crippen LogP contribution is 2.18. The van der Waals surface area contributed by atoms with Crippen LogP contribution in [-0.2, 0) is 22.6 Å². The molecule has 0 aliphatic heterocycles. The molecule has 0 aliphatic carbocycles. The summed E-state index contributed by atoms with van der Waals surface area (Å²) in [6.07, 6.45) is 1.60. The van der Waals surface area contributed by atoms with Gasteiger partial charge in [0.1, 0.15) is 11.8 Å². The molecule has 0 radical (unpaired) electrons. The SMILES string of the molecule is CCCNC(=O)C(CC)N(Cc1ccc(OC)cc1)C(=O)Cc1ccc(Cl)cc1. The molecule has 2 amide bonds. The Hall–Kier alpha value is -2.53. The topological polar surface area (TPSA) is 58.6 Å². The molecule has 2 rings (SSSR count). The summed E-state index contributed by atoms with van der Waals surface area (Å²) < 4.78 is 5.21. The minimum absolute atomic E-state index is 0.0957. The highest BCUT2D eigenvalue weighted by molar-refractivity contribution is 6.30. The number of methoxy groups -OCH3 is 1. The number of nitrogens with one attached hydrogen (secondary N) is 1. The van der Waals surface area contributed by atoms with Gasteiger partial charge < -0.3 is 15.0 Å².